The van der Waals surface area contributed by atoms with Crippen molar-refractivity contribution in [1.29, 1.82) is 0 Å². The zero-order chi connectivity index (χ0) is 19.4. The quantitative estimate of drug-likeness (QED) is 0.163. The lowest BCUT2D eigenvalue weighted by atomic mass is 10.2. The van der Waals surface area contributed by atoms with Crippen LogP contribution < -0.4 is 16.0 Å². The number of nitrogens with one attached hydrogen (secondary N) is 3. The maximum Gasteiger partial charge on any atom is 0.222 e. The van der Waals surface area contributed by atoms with E-state index in [1.165, 1.54) is 0 Å². The average molecular weight is 518 g/mol. The highest BCUT2D eigenvalue weighted by Crippen LogP contribution is 2.11. The zero-order valence-corrected chi connectivity index (χ0v) is 19.8. The number of carbonyl (C=O) groups excluding carboxylic acids is 1. The van der Waals surface area contributed by atoms with Crippen molar-refractivity contribution in [2.45, 2.75) is 46.1 Å². The first-order valence-corrected chi connectivity index (χ1v) is 11.2. The third-order valence-electron chi connectivity index (χ3n) is 3.75. The van der Waals surface area contributed by atoms with E-state index in [2.05, 4.69) is 34.8 Å². The Morgan fingerprint density at radius 3 is 2.63 bits per heavy atom. The standard InChI is InChI=1S/C17H34N4O4S.HI/c1-4-18-17(19-8-5-10-25-12-14(2)3)20-9-6-16(22)21-15-7-11-26(23,24)13-15;/h14-15H,4-13H2,1-3H3,(H,21,22)(H2,18,19,20);1H. The lowest BCUT2D eigenvalue weighted by Gasteiger charge is -2.13. The summed E-state index contributed by atoms with van der Waals surface area (Å²) in [6, 6.07) is -0.250. The number of hydrogen-bond acceptors (Lipinski definition) is 5. The molecule has 0 saturated carbocycles. The predicted octanol–water partition coefficient (Wildman–Crippen LogP) is 0.916. The van der Waals surface area contributed by atoms with Gasteiger partial charge in [0, 0.05) is 45.3 Å². The molecule has 3 N–H and O–H groups in total. The molecule has 1 saturated heterocycles. The average Bonchev–Trinajstić information content (AvgIpc) is 2.88. The summed E-state index contributed by atoms with van der Waals surface area (Å²) in [5, 5.41) is 9.04. The van der Waals surface area contributed by atoms with E-state index in [0.717, 1.165) is 19.6 Å². The van der Waals surface area contributed by atoms with E-state index < -0.39 is 9.84 Å². The van der Waals surface area contributed by atoms with Gasteiger partial charge in [-0.05, 0) is 25.7 Å². The highest BCUT2D eigenvalue weighted by atomic mass is 127. The van der Waals surface area contributed by atoms with Crippen molar-refractivity contribution in [1.82, 2.24) is 16.0 Å². The minimum Gasteiger partial charge on any atom is -0.381 e. The molecule has 10 heteroatoms. The molecule has 1 aliphatic rings. The van der Waals surface area contributed by atoms with Gasteiger partial charge >= 0.3 is 0 Å². The van der Waals surface area contributed by atoms with Crippen LogP contribution in [0.1, 0.15) is 40.0 Å². The SMILES string of the molecule is CCNC(=NCCCOCC(C)C)NCCC(=O)NC1CCS(=O)(=O)C1.I. The van der Waals surface area contributed by atoms with Crippen LogP contribution in [-0.2, 0) is 19.4 Å². The molecular weight excluding hydrogens is 483 g/mol. The van der Waals surface area contributed by atoms with Gasteiger partial charge < -0.3 is 20.7 Å². The van der Waals surface area contributed by atoms with Gasteiger partial charge in [-0.2, -0.15) is 0 Å². The third kappa shape index (κ3) is 13.2. The van der Waals surface area contributed by atoms with Crippen molar-refractivity contribution in [3.8, 4) is 0 Å². The summed E-state index contributed by atoms with van der Waals surface area (Å²) < 4.78 is 28.3. The normalized spacial score (nSPS) is 18.8. The Balaban J connectivity index is 0.00000676. The summed E-state index contributed by atoms with van der Waals surface area (Å²) in [5.74, 6) is 1.28. The molecule has 0 aromatic rings. The lowest BCUT2D eigenvalue weighted by Crippen LogP contribution is -2.41. The summed E-state index contributed by atoms with van der Waals surface area (Å²) in [5.41, 5.74) is 0. The number of ether oxygens (including phenoxy) is 1. The summed E-state index contributed by atoms with van der Waals surface area (Å²) in [6.07, 6.45) is 1.63. The molecule has 0 spiro atoms. The van der Waals surface area contributed by atoms with Crippen molar-refractivity contribution in [2.24, 2.45) is 10.9 Å². The second kappa shape index (κ2) is 14.4. The number of carbonyl (C=O) groups is 1. The van der Waals surface area contributed by atoms with E-state index >= 15 is 0 Å². The molecule has 0 aromatic heterocycles. The first-order valence-electron chi connectivity index (χ1n) is 9.42. The molecule has 8 nitrogen and oxygen atoms in total. The van der Waals surface area contributed by atoms with Gasteiger partial charge in [-0.1, -0.05) is 13.8 Å². The van der Waals surface area contributed by atoms with Gasteiger partial charge in [-0.3, -0.25) is 9.79 Å². The highest BCUT2D eigenvalue weighted by Gasteiger charge is 2.28. The summed E-state index contributed by atoms with van der Waals surface area (Å²) in [4.78, 5) is 16.4. The molecule has 1 fully saturated rings. The fraction of sp³-hybridized carbons (Fsp3) is 0.882. The Morgan fingerprint density at radius 1 is 1.30 bits per heavy atom. The van der Waals surface area contributed by atoms with E-state index in [1.807, 2.05) is 6.92 Å². The van der Waals surface area contributed by atoms with Crippen LogP contribution in [-0.4, -0.2) is 70.7 Å². The van der Waals surface area contributed by atoms with Crippen LogP contribution in [0.5, 0.6) is 0 Å². The Morgan fingerprint density at radius 2 is 2.04 bits per heavy atom. The number of rotatable bonds is 11. The van der Waals surface area contributed by atoms with E-state index in [0.29, 0.717) is 38.0 Å². The molecule has 0 aromatic carbocycles. The van der Waals surface area contributed by atoms with Crippen molar-refractivity contribution in [2.75, 3.05) is 44.4 Å². The molecule has 0 radical (unpaired) electrons. The van der Waals surface area contributed by atoms with Gasteiger partial charge in [0.25, 0.3) is 0 Å². The maximum absolute atomic E-state index is 11.9. The van der Waals surface area contributed by atoms with Crippen LogP contribution in [0.4, 0.5) is 0 Å². The number of halogens is 1. The number of amides is 1. The largest absolute Gasteiger partial charge is 0.381 e. The molecule has 1 heterocycles. The Hall–Kier alpha value is -0.620. The van der Waals surface area contributed by atoms with Crippen LogP contribution in [0, 0.1) is 5.92 Å². The molecule has 1 aliphatic heterocycles. The molecular formula is C17H35IN4O4S. The number of nitrogens with zero attached hydrogens (tertiary/aromatic N) is 1. The Kier molecular flexibility index (Phi) is 14.1. The molecule has 1 amide bonds. The third-order valence-corrected chi connectivity index (χ3v) is 5.52. The van der Waals surface area contributed by atoms with E-state index in [-0.39, 0.29) is 53.9 Å². The molecule has 0 aliphatic carbocycles. The van der Waals surface area contributed by atoms with Crippen LogP contribution in [0.25, 0.3) is 0 Å². The molecule has 27 heavy (non-hydrogen) atoms. The van der Waals surface area contributed by atoms with Crippen molar-refractivity contribution >= 4 is 45.7 Å². The summed E-state index contributed by atoms with van der Waals surface area (Å²) >= 11 is 0. The van der Waals surface area contributed by atoms with Gasteiger partial charge in [0.2, 0.25) is 5.91 Å². The molecule has 1 rings (SSSR count). The number of sulfone groups is 1. The first kappa shape index (κ1) is 26.4. The fourth-order valence-electron chi connectivity index (χ4n) is 2.52. The second-order valence-corrected chi connectivity index (χ2v) is 9.16. The molecule has 160 valence electrons. The van der Waals surface area contributed by atoms with Crippen molar-refractivity contribution in [3.63, 3.8) is 0 Å². The fourth-order valence-corrected chi connectivity index (χ4v) is 4.19. The number of guanidine groups is 1. The van der Waals surface area contributed by atoms with Gasteiger partial charge in [-0.15, -0.1) is 24.0 Å². The molecule has 1 atom stereocenters. The Bertz CT molecular complexity index is 555. The second-order valence-electron chi connectivity index (χ2n) is 6.93. The predicted molar refractivity (Wildman–Crippen MR) is 119 cm³/mol. The summed E-state index contributed by atoms with van der Waals surface area (Å²) in [7, 11) is -2.97. The number of hydrogen-bond donors (Lipinski definition) is 3. The highest BCUT2D eigenvalue weighted by molar-refractivity contribution is 14.0. The maximum atomic E-state index is 11.9. The van der Waals surface area contributed by atoms with Gasteiger partial charge in [0.05, 0.1) is 11.5 Å². The monoisotopic (exact) mass is 518 g/mol. The minimum absolute atomic E-state index is 0. The van der Waals surface area contributed by atoms with Crippen LogP contribution in [0.3, 0.4) is 0 Å². The van der Waals surface area contributed by atoms with Crippen LogP contribution in [0.2, 0.25) is 0 Å². The van der Waals surface area contributed by atoms with Crippen LogP contribution in [0.15, 0.2) is 4.99 Å². The molecule has 0 bridgehead atoms. The van der Waals surface area contributed by atoms with E-state index in [1.54, 1.807) is 0 Å². The van der Waals surface area contributed by atoms with Gasteiger partial charge in [-0.25, -0.2) is 8.42 Å². The van der Waals surface area contributed by atoms with E-state index in [4.69, 9.17) is 4.74 Å². The first-order chi connectivity index (χ1) is 12.3. The summed E-state index contributed by atoms with van der Waals surface area (Å²) in [6.45, 7) is 9.51. The van der Waals surface area contributed by atoms with Crippen molar-refractivity contribution in [3.05, 3.63) is 0 Å². The minimum atomic E-state index is -2.97. The van der Waals surface area contributed by atoms with Crippen molar-refractivity contribution < 1.29 is 17.9 Å². The smallest absolute Gasteiger partial charge is 0.222 e. The Labute approximate surface area is 180 Å². The van der Waals surface area contributed by atoms with Gasteiger partial charge in [0.1, 0.15) is 0 Å². The van der Waals surface area contributed by atoms with Gasteiger partial charge in [0.15, 0.2) is 15.8 Å². The molecule has 1 unspecified atom stereocenters. The topological polar surface area (TPSA) is 109 Å². The van der Waals surface area contributed by atoms with E-state index in [9.17, 15) is 13.2 Å². The lowest BCUT2D eigenvalue weighted by molar-refractivity contribution is -0.121. The zero-order valence-electron chi connectivity index (χ0n) is 16.6. The van der Waals surface area contributed by atoms with Crippen LogP contribution >= 0.6 is 24.0 Å². The number of aliphatic imine (C=N–C) groups is 1.